The van der Waals surface area contributed by atoms with Crippen molar-refractivity contribution in [3.8, 4) is 17.6 Å². The van der Waals surface area contributed by atoms with Crippen LogP contribution in [0, 0.1) is 16.7 Å². The van der Waals surface area contributed by atoms with Crippen molar-refractivity contribution < 1.29 is 55.3 Å². The maximum atomic E-state index is 15.1. The number of carbonyl (C=O) groups is 3. The number of rotatable bonds is 13. The minimum absolute atomic E-state index is 0.00458. The summed E-state index contributed by atoms with van der Waals surface area (Å²) in [7, 11) is 0. The van der Waals surface area contributed by atoms with Gasteiger partial charge in [0.25, 0.3) is 11.8 Å². The Morgan fingerprint density at radius 1 is 0.898 bits per heavy atom. The monoisotopic (exact) mass is 828 g/mol. The Morgan fingerprint density at radius 3 is 2.19 bits per heavy atom. The van der Waals surface area contributed by atoms with Crippen LogP contribution in [0.3, 0.4) is 0 Å². The molecule has 1 unspecified atom stereocenters. The topological polar surface area (TPSA) is 133 Å². The van der Waals surface area contributed by atoms with Crippen molar-refractivity contribution in [1.29, 1.82) is 5.26 Å². The molecular formula is C43H46F6N4O6. The predicted molar refractivity (Wildman–Crippen MR) is 201 cm³/mol. The lowest BCUT2D eigenvalue weighted by atomic mass is 9.66. The van der Waals surface area contributed by atoms with E-state index in [9.17, 15) is 46.3 Å². The summed E-state index contributed by atoms with van der Waals surface area (Å²) in [5, 5.41) is 20.4. The van der Waals surface area contributed by atoms with Gasteiger partial charge in [-0.25, -0.2) is 0 Å². The molecule has 0 spiro atoms. The highest BCUT2D eigenvalue weighted by Crippen LogP contribution is 2.46. The molecule has 0 radical (unpaired) electrons. The number of piperidine rings is 2. The first kappa shape index (κ1) is 43.3. The fourth-order valence-electron chi connectivity index (χ4n) is 8.82. The van der Waals surface area contributed by atoms with Gasteiger partial charge in [0.1, 0.15) is 17.2 Å². The molecule has 3 fully saturated rings. The van der Waals surface area contributed by atoms with Crippen molar-refractivity contribution in [2.45, 2.75) is 107 Å². The number of amides is 2. The summed E-state index contributed by atoms with van der Waals surface area (Å²) in [6, 6.07) is 13.9. The molecule has 316 valence electrons. The van der Waals surface area contributed by atoms with E-state index in [-0.39, 0.29) is 64.1 Å². The lowest BCUT2D eigenvalue weighted by molar-refractivity contribution is -0.161. The Labute approximate surface area is 338 Å². The molecular weight excluding hydrogens is 782 g/mol. The van der Waals surface area contributed by atoms with Crippen LogP contribution in [-0.2, 0) is 27.4 Å². The summed E-state index contributed by atoms with van der Waals surface area (Å²) in [6.45, 7) is 2.04. The number of nitrogens with zero attached hydrogens (tertiary/aromatic N) is 4. The van der Waals surface area contributed by atoms with Gasteiger partial charge in [-0.2, -0.15) is 31.6 Å². The summed E-state index contributed by atoms with van der Waals surface area (Å²) < 4.78 is 95.6. The number of hydrogen-bond donors (Lipinski definition) is 1. The Kier molecular flexibility index (Phi) is 12.5. The van der Waals surface area contributed by atoms with Gasteiger partial charge in [-0.15, -0.1) is 0 Å². The van der Waals surface area contributed by atoms with Crippen LogP contribution < -0.4 is 9.47 Å². The largest absolute Gasteiger partial charge is 0.493 e. The molecule has 2 aliphatic heterocycles. The summed E-state index contributed by atoms with van der Waals surface area (Å²) >= 11 is 0. The molecule has 1 saturated carbocycles. The van der Waals surface area contributed by atoms with Crippen LogP contribution in [0.4, 0.5) is 26.3 Å². The van der Waals surface area contributed by atoms with Gasteiger partial charge < -0.3 is 24.4 Å². The number of pyridine rings is 1. The number of aromatic nitrogens is 1. The normalized spacial score (nSPS) is 21.5. The molecule has 59 heavy (non-hydrogen) atoms. The van der Waals surface area contributed by atoms with E-state index in [1.165, 1.54) is 9.80 Å². The number of likely N-dealkylation sites (tertiary alicyclic amines) is 2. The van der Waals surface area contributed by atoms with E-state index in [4.69, 9.17) is 9.47 Å². The van der Waals surface area contributed by atoms with Gasteiger partial charge in [0.2, 0.25) is 5.60 Å². The number of halogens is 6. The van der Waals surface area contributed by atoms with E-state index in [1.807, 2.05) is 0 Å². The zero-order chi connectivity index (χ0) is 42.6. The highest BCUT2D eigenvalue weighted by molar-refractivity contribution is 5.96. The molecule has 2 saturated heterocycles. The maximum absolute atomic E-state index is 15.1. The average molecular weight is 829 g/mol. The number of alkyl halides is 6. The third-order valence-corrected chi connectivity index (χ3v) is 12.2. The lowest BCUT2D eigenvalue weighted by Crippen LogP contribution is -2.68. The Balaban J connectivity index is 1.29. The fourth-order valence-corrected chi connectivity index (χ4v) is 8.82. The van der Waals surface area contributed by atoms with Gasteiger partial charge in [-0.3, -0.25) is 19.4 Å². The smallest absolute Gasteiger partial charge is 0.418 e. The molecule has 0 bridgehead atoms. The van der Waals surface area contributed by atoms with Gasteiger partial charge >= 0.3 is 18.3 Å². The van der Waals surface area contributed by atoms with Crippen molar-refractivity contribution in [3.63, 3.8) is 0 Å². The summed E-state index contributed by atoms with van der Waals surface area (Å²) in [5.41, 5.74) is -6.21. The van der Waals surface area contributed by atoms with E-state index in [0.717, 1.165) is 49.0 Å². The zero-order valence-corrected chi connectivity index (χ0v) is 32.6. The zero-order valence-electron chi connectivity index (χ0n) is 32.6. The molecule has 3 heterocycles. The summed E-state index contributed by atoms with van der Waals surface area (Å²) in [6.07, 6.45) is -4.55. The van der Waals surface area contributed by atoms with Crippen LogP contribution in [0.1, 0.15) is 105 Å². The molecule has 6 rings (SSSR count). The highest BCUT2D eigenvalue weighted by atomic mass is 19.4. The summed E-state index contributed by atoms with van der Waals surface area (Å²) in [5.74, 6) is -2.11. The Hall–Kier alpha value is -5.33. The average Bonchev–Trinajstić information content (AvgIpc) is 3.20. The number of carboxylic acid groups (broad SMARTS) is 1. The first-order valence-corrected chi connectivity index (χ1v) is 19.9. The number of para-hydroxylation sites is 1. The van der Waals surface area contributed by atoms with Gasteiger partial charge in [-0.05, 0) is 93.8 Å². The number of benzene rings is 2. The third-order valence-electron chi connectivity index (χ3n) is 12.2. The minimum atomic E-state index is -4.91. The van der Waals surface area contributed by atoms with E-state index in [2.05, 4.69) is 11.1 Å². The van der Waals surface area contributed by atoms with Gasteiger partial charge in [0.15, 0.2) is 0 Å². The molecule has 3 aromatic rings. The lowest BCUT2D eigenvalue weighted by Gasteiger charge is -2.51. The van der Waals surface area contributed by atoms with Gasteiger partial charge in [0, 0.05) is 37.8 Å². The maximum Gasteiger partial charge on any atom is 0.418 e. The molecule has 16 heteroatoms. The van der Waals surface area contributed by atoms with Crippen LogP contribution in [0.2, 0.25) is 0 Å². The number of nitriles is 1. The third kappa shape index (κ3) is 8.70. The minimum Gasteiger partial charge on any atom is -0.493 e. The van der Waals surface area contributed by atoms with Gasteiger partial charge in [-0.1, -0.05) is 38.0 Å². The number of hydrogen-bond acceptors (Lipinski definition) is 7. The second-order valence-corrected chi connectivity index (χ2v) is 15.7. The van der Waals surface area contributed by atoms with E-state index < -0.39 is 69.4 Å². The molecule has 2 atom stereocenters. The van der Waals surface area contributed by atoms with Crippen molar-refractivity contribution in [1.82, 2.24) is 14.8 Å². The van der Waals surface area contributed by atoms with E-state index in [1.54, 1.807) is 31.2 Å². The summed E-state index contributed by atoms with van der Waals surface area (Å²) in [4.78, 5) is 47.5. The van der Waals surface area contributed by atoms with E-state index in [0.29, 0.717) is 43.4 Å². The number of carboxylic acids is 1. The molecule has 1 N–H and O–H groups in total. The Morgan fingerprint density at radius 2 is 1.59 bits per heavy atom. The fraction of sp³-hybridized carbons (Fsp3) is 0.512. The Bertz CT molecular complexity index is 2040. The molecule has 2 amide bonds. The predicted octanol–water partition coefficient (Wildman–Crippen LogP) is 8.84. The van der Waals surface area contributed by atoms with Crippen molar-refractivity contribution in [2.24, 2.45) is 5.41 Å². The van der Waals surface area contributed by atoms with Crippen molar-refractivity contribution >= 4 is 17.8 Å². The van der Waals surface area contributed by atoms with Gasteiger partial charge in [0.05, 0.1) is 40.7 Å². The van der Waals surface area contributed by atoms with Crippen molar-refractivity contribution in [2.75, 3.05) is 26.2 Å². The number of ether oxygens (including phenoxy) is 2. The van der Waals surface area contributed by atoms with Crippen LogP contribution in [-0.4, -0.2) is 75.6 Å². The molecule has 3 aliphatic rings. The van der Waals surface area contributed by atoms with Crippen LogP contribution in [0.25, 0.3) is 0 Å². The van der Waals surface area contributed by atoms with Crippen molar-refractivity contribution in [3.05, 3.63) is 89.2 Å². The van der Waals surface area contributed by atoms with Crippen LogP contribution >= 0.6 is 0 Å². The number of aliphatic carboxylic acids is 1. The van der Waals surface area contributed by atoms with Crippen LogP contribution in [0.15, 0.2) is 66.9 Å². The first-order chi connectivity index (χ1) is 28.0. The van der Waals surface area contributed by atoms with Crippen LogP contribution in [0.5, 0.6) is 11.5 Å². The first-order valence-electron chi connectivity index (χ1n) is 19.9. The molecule has 1 aromatic heterocycles. The quantitative estimate of drug-likeness (QED) is 0.134. The van der Waals surface area contributed by atoms with E-state index >= 15 is 4.79 Å². The second-order valence-electron chi connectivity index (χ2n) is 15.7. The standard InChI is InChI=1S/C43H46F6N4O6/c1-2-9-34-41(59-30-15-13-29(14-16-30)42(44,45)46,20-7-24-53(34)36(54)35-32(43(47,48)49)11-5-23-51-35)37(55)52-25-21-40(28-50,22-26-52)31-10-3-4-12-33(31)58-27-8-19-39(38(56)57)17-6-18-39/h3-5,10-16,23,34H,2,6-9,17-22,24-27H2,1H3,(H,56,57)/t34?,41-/m0/s1. The second kappa shape index (κ2) is 17.1. The highest BCUT2D eigenvalue weighted by Gasteiger charge is 2.57. The SMILES string of the molecule is CCCC1N(C(=O)c2ncccc2C(F)(F)F)CCC[C@@]1(Oc1ccc(C(F)(F)F)cc1)C(=O)N1CCC(C#N)(c2ccccc2OCCCC2(C(=O)O)CCC2)CC1. The molecule has 1 aliphatic carbocycles. The molecule has 10 nitrogen and oxygen atoms in total. The number of carbonyl (C=O) groups excluding carboxylic acids is 2. The molecule has 2 aromatic carbocycles.